The first-order chi connectivity index (χ1) is 16.4. The quantitative estimate of drug-likeness (QED) is 0.320. The Morgan fingerprint density at radius 3 is 2.51 bits per heavy atom. The molecule has 0 aromatic heterocycles. The Morgan fingerprint density at radius 2 is 1.89 bits per heavy atom. The standard InChI is InChI=1S/C26H34N2O7/c1-17(22(31)34-12-5-10-27)16-26(4,24(33)35-13-11-29)9-8-25(2,3)23(32)28-19-7-6-18-14-21(30)20(18)15-19/h6-7,15,17,29H,5,8-9,11-14,16H2,1-4H3,(H,28,32). The average molecular weight is 487 g/mol. The number of hydrogen-bond acceptors (Lipinski definition) is 8. The number of nitriles is 1. The van der Waals surface area contributed by atoms with Crippen molar-refractivity contribution in [1.82, 2.24) is 0 Å². The highest BCUT2D eigenvalue weighted by molar-refractivity contribution is 6.08. The van der Waals surface area contributed by atoms with Crippen molar-refractivity contribution in [1.29, 1.82) is 5.26 Å². The van der Waals surface area contributed by atoms with Gasteiger partial charge in [-0.2, -0.15) is 5.26 Å². The number of nitrogens with one attached hydrogen (secondary N) is 1. The lowest BCUT2D eigenvalue weighted by molar-refractivity contribution is -0.160. The van der Waals surface area contributed by atoms with Gasteiger partial charge in [0.1, 0.15) is 13.2 Å². The minimum absolute atomic E-state index is 0.0210. The van der Waals surface area contributed by atoms with E-state index in [1.54, 1.807) is 39.8 Å². The predicted octanol–water partition coefficient (Wildman–Crippen LogP) is 3.20. The van der Waals surface area contributed by atoms with Crippen molar-refractivity contribution >= 4 is 29.3 Å². The molecule has 1 aliphatic carbocycles. The highest BCUT2D eigenvalue weighted by Gasteiger charge is 2.41. The summed E-state index contributed by atoms with van der Waals surface area (Å²) in [6.07, 6.45) is 1.17. The molecule has 0 heterocycles. The van der Waals surface area contributed by atoms with Gasteiger partial charge in [-0.05, 0) is 43.9 Å². The molecule has 0 aliphatic heterocycles. The number of amides is 1. The van der Waals surface area contributed by atoms with Crippen LogP contribution in [0.3, 0.4) is 0 Å². The fourth-order valence-corrected chi connectivity index (χ4v) is 3.93. The molecule has 2 unspecified atom stereocenters. The molecule has 1 aromatic carbocycles. The Bertz CT molecular complexity index is 1010. The van der Waals surface area contributed by atoms with Gasteiger partial charge in [-0.1, -0.05) is 26.8 Å². The highest BCUT2D eigenvalue weighted by Crippen LogP contribution is 2.38. The van der Waals surface area contributed by atoms with Crippen LogP contribution in [-0.2, 0) is 30.3 Å². The van der Waals surface area contributed by atoms with Crippen molar-refractivity contribution in [2.75, 3.05) is 25.1 Å². The van der Waals surface area contributed by atoms with E-state index in [4.69, 9.17) is 19.8 Å². The maximum atomic E-state index is 13.0. The van der Waals surface area contributed by atoms with Gasteiger partial charge in [0.2, 0.25) is 5.91 Å². The lowest BCUT2D eigenvalue weighted by atomic mass is 9.73. The Hall–Kier alpha value is -3.25. The summed E-state index contributed by atoms with van der Waals surface area (Å²) in [5, 5.41) is 20.5. The van der Waals surface area contributed by atoms with Crippen molar-refractivity contribution < 1.29 is 33.8 Å². The number of nitrogens with zero attached hydrogens (tertiary/aromatic N) is 1. The molecule has 2 rings (SSSR count). The molecule has 2 atom stereocenters. The van der Waals surface area contributed by atoms with Crippen LogP contribution in [0.2, 0.25) is 0 Å². The first-order valence-corrected chi connectivity index (χ1v) is 11.7. The van der Waals surface area contributed by atoms with Gasteiger partial charge in [-0.3, -0.25) is 19.2 Å². The number of carbonyl (C=O) groups is 4. The summed E-state index contributed by atoms with van der Waals surface area (Å²) in [4.78, 5) is 49.9. The summed E-state index contributed by atoms with van der Waals surface area (Å²) in [5.74, 6) is -1.95. The van der Waals surface area contributed by atoms with Crippen molar-refractivity contribution in [3.05, 3.63) is 29.3 Å². The fourth-order valence-electron chi connectivity index (χ4n) is 3.93. The van der Waals surface area contributed by atoms with Crippen LogP contribution in [0.15, 0.2) is 18.2 Å². The number of Topliss-reactive ketones (excluding diaryl/α,β-unsaturated/α-hetero) is 1. The third-order valence-corrected chi connectivity index (χ3v) is 6.37. The average Bonchev–Trinajstić information content (AvgIpc) is 2.81. The minimum atomic E-state index is -1.11. The molecular weight excluding hydrogens is 452 g/mol. The Morgan fingerprint density at radius 1 is 1.17 bits per heavy atom. The van der Waals surface area contributed by atoms with E-state index in [0.29, 0.717) is 24.1 Å². The SMILES string of the molecule is CC(CC(C)(CCC(C)(C)C(=O)Nc1ccc2c(c1)C(=O)C2)C(=O)OCCO)C(=O)OCCC#N. The summed E-state index contributed by atoms with van der Waals surface area (Å²) in [7, 11) is 0. The normalized spacial score (nSPS) is 15.0. The molecule has 0 spiro atoms. The van der Waals surface area contributed by atoms with Crippen LogP contribution in [0.5, 0.6) is 0 Å². The molecular formula is C26H34N2O7. The van der Waals surface area contributed by atoms with Crippen LogP contribution in [0.4, 0.5) is 5.69 Å². The van der Waals surface area contributed by atoms with E-state index in [1.165, 1.54) is 0 Å². The number of ketones is 1. The largest absolute Gasteiger partial charge is 0.464 e. The third kappa shape index (κ3) is 7.36. The molecule has 1 aliphatic rings. The van der Waals surface area contributed by atoms with Gasteiger partial charge in [0, 0.05) is 23.1 Å². The fraction of sp³-hybridized carbons (Fsp3) is 0.577. The number of esters is 2. The van der Waals surface area contributed by atoms with Crippen LogP contribution >= 0.6 is 0 Å². The van der Waals surface area contributed by atoms with Gasteiger partial charge >= 0.3 is 11.9 Å². The molecule has 0 fully saturated rings. The van der Waals surface area contributed by atoms with E-state index in [1.807, 2.05) is 12.1 Å². The summed E-state index contributed by atoms with van der Waals surface area (Å²) in [6.45, 7) is 6.30. The first-order valence-electron chi connectivity index (χ1n) is 11.7. The van der Waals surface area contributed by atoms with Crippen molar-refractivity contribution in [3.8, 4) is 6.07 Å². The zero-order valence-corrected chi connectivity index (χ0v) is 20.8. The van der Waals surface area contributed by atoms with Gasteiger partial charge in [0.25, 0.3) is 0 Å². The third-order valence-electron chi connectivity index (χ3n) is 6.37. The van der Waals surface area contributed by atoms with Crippen molar-refractivity contribution in [3.63, 3.8) is 0 Å². The molecule has 9 nitrogen and oxygen atoms in total. The van der Waals surface area contributed by atoms with Gasteiger partial charge in [0.15, 0.2) is 5.78 Å². The van der Waals surface area contributed by atoms with Crippen LogP contribution in [0.1, 0.15) is 69.3 Å². The van der Waals surface area contributed by atoms with Gasteiger partial charge in [-0.25, -0.2) is 0 Å². The molecule has 35 heavy (non-hydrogen) atoms. The van der Waals surface area contributed by atoms with E-state index >= 15 is 0 Å². The molecule has 1 aromatic rings. The predicted molar refractivity (Wildman–Crippen MR) is 127 cm³/mol. The summed E-state index contributed by atoms with van der Waals surface area (Å²) >= 11 is 0. The van der Waals surface area contributed by atoms with Crippen molar-refractivity contribution in [2.24, 2.45) is 16.7 Å². The Kier molecular flexibility index (Phi) is 9.55. The van der Waals surface area contributed by atoms with Crippen LogP contribution < -0.4 is 5.32 Å². The molecule has 9 heteroatoms. The number of ether oxygens (including phenoxy) is 2. The number of benzene rings is 1. The van der Waals surface area contributed by atoms with E-state index in [0.717, 1.165) is 5.56 Å². The molecule has 0 saturated heterocycles. The van der Waals surface area contributed by atoms with Crippen molar-refractivity contribution in [2.45, 2.75) is 59.8 Å². The van der Waals surface area contributed by atoms with E-state index in [-0.39, 0.29) is 50.8 Å². The number of fused-ring (bicyclic) bond motifs is 1. The van der Waals surface area contributed by atoms with Crippen LogP contribution in [0.25, 0.3) is 0 Å². The number of aliphatic hydroxyl groups is 1. The number of anilines is 1. The number of rotatable bonds is 13. The second kappa shape index (κ2) is 11.9. The van der Waals surface area contributed by atoms with Crippen LogP contribution in [0, 0.1) is 28.1 Å². The second-order valence-corrected chi connectivity index (χ2v) is 9.91. The molecule has 0 saturated carbocycles. The number of carbonyl (C=O) groups excluding carboxylic acids is 4. The van der Waals surface area contributed by atoms with E-state index in [2.05, 4.69) is 5.32 Å². The second-order valence-electron chi connectivity index (χ2n) is 9.91. The molecule has 0 bridgehead atoms. The van der Waals surface area contributed by atoms with E-state index in [9.17, 15) is 19.2 Å². The number of hydrogen-bond donors (Lipinski definition) is 2. The minimum Gasteiger partial charge on any atom is -0.464 e. The van der Waals surface area contributed by atoms with Gasteiger partial charge in [0.05, 0.1) is 30.4 Å². The monoisotopic (exact) mass is 486 g/mol. The van der Waals surface area contributed by atoms with Gasteiger partial charge in [-0.15, -0.1) is 0 Å². The first kappa shape index (κ1) is 28.0. The summed E-state index contributed by atoms with van der Waals surface area (Å²) < 4.78 is 10.3. The smallest absolute Gasteiger partial charge is 0.311 e. The lowest BCUT2D eigenvalue weighted by Gasteiger charge is -2.33. The van der Waals surface area contributed by atoms with Crippen LogP contribution in [-0.4, -0.2) is 48.6 Å². The Balaban J connectivity index is 2.07. The molecule has 2 N–H and O–H groups in total. The number of aliphatic hydroxyl groups excluding tert-OH is 1. The summed E-state index contributed by atoms with van der Waals surface area (Å²) in [6, 6.07) is 7.15. The molecule has 1 amide bonds. The maximum Gasteiger partial charge on any atom is 0.311 e. The topological polar surface area (TPSA) is 143 Å². The zero-order chi connectivity index (χ0) is 26.2. The molecule has 0 radical (unpaired) electrons. The Labute approximate surface area is 205 Å². The maximum absolute atomic E-state index is 13.0. The zero-order valence-electron chi connectivity index (χ0n) is 20.8. The van der Waals surface area contributed by atoms with E-state index < -0.39 is 28.7 Å². The van der Waals surface area contributed by atoms with Gasteiger partial charge < -0.3 is 19.9 Å². The molecule has 190 valence electrons. The summed E-state index contributed by atoms with van der Waals surface area (Å²) in [5.41, 5.74) is 0.138. The lowest BCUT2D eigenvalue weighted by Crippen LogP contribution is -2.38. The highest BCUT2D eigenvalue weighted by atomic mass is 16.5.